The molecule has 2 heterocycles. The number of unbranched alkanes of at least 4 members (excludes halogenated alkanes) is 1. The van der Waals surface area contributed by atoms with E-state index in [1.54, 1.807) is 0 Å². The first-order valence-electron chi connectivity index (χ1n) is 16.3. The first-order chi connectivity index (χ1) is 28.0. The van der Waals surface area contributed by atoms with Crippen LogP contribution >= 0.6 is 0 Å². The fraction of sp³-hybridized carbons (Fsp3) is 0.118. The number of fused-ring (bicyclic) bond motifs is 2. The van der Waals surface area contributed by atoms with Gasteiger partial charge in [-0.15, -0.1) is 0 Å². The Morgan fingerprint density at radius 1 is 0.422 bits per heavy atom. The van der Waals surface area contributed by atoms with Crippen molar-refractivity contribution in [3.05, 3.63) is 105 Å². The zero-order valence-electron chi connectivity index (χ0n) is 33.5. The first-order valence-corrected chi connectivity index (χ1v) is 21.6. The SMILES string of the molecule is O=c1cc(-c2ccc(OS(=O)(=O)[O-])cc2)oc2cc(OS(=O)(=O)[O-])cc(OCCCCOc3cc(OS(=O)(=O)[O-])cc4oc(-c5ccc(OS(=O)(=O)[O-])cc5)cc(=O)c34)c12.[Na+].[Na+].[Na+].[Na+]. The molecule has 318 valence electrons. The van der Waals surface area contributed by atoms with Crippen molar-refractivity contribution in [3.63, 3.8) is 0 Å². The van der Waals surface area contributed by atoms with Crippen LogP contribution in [-0.4, -0.2) is 65.1 Å². The summed E-state index contributed by atoms with van der Waals surface area (Å²) in [6.07, 6.45) is 0.275. The van der Waals surface area contributed by atoms with E-state index in [2.05, 4.69) is 16.7 Å². The minimum Gasteiger partial charge on any atom is -0.716 e. The maximum atomic E-state index is 13.3. The molecule has 0 N–H and O–H groups in total. The summed E-state index contributed by atoms with van der Waals surface area (Å²) in [6, 6.07) is 15.3. The molecule has 0 spiro atoms. The van der Waals surface area contributed by atoms with E-state index in [4.69, 9.17) is 18.3 Å². The van der Waals surface area contributed by atoms with Crippen LogP contribution in [-0.2, 0) is 41.6 Å². The predicted octanol–water partition coefficient (Wildman–Crippen LogP) is -9.16. The van der Waals surface area contributed by atoms with E-state index in [9.17, 15) is 61.5 Å². The summed E-state index contributed by atoms with van der Waals surface area (Å²) < 4.78 is 174. The Labute approximate surface area is 451 Å². The third-order valence-corrected chi connectivity index (χ3v) is 9.25. The maximum absolute atomic E-state index is 13.3. The molecule has 0 amide bonds. The summed E-state index contributed by atoms with van der Waals surface area (Å²) >= 11 is 0. The Hall–Kier alpha value is -2.26. The van der Waals surface area contributed by atoms with Gasteiger partial charge in [-0.05, 0) is 61.4 Å². The van der Waals surface area contributed by atoms with E-state index < -0.39 is 64.0 Å². The molecular weight excluding hydrogens is 981 g/mol. The van der Waals surface area contributed by atoms with Gasteiger partial charge >= 0.3 is 118 Å². The van der Waals surface area contributed by atoms with Gasteiger partial charge in [-0.25, -0.2) is 33.7 Å². The van der Waals surface area contributed by atoms with Crippen LogP contribution in [0.25, 0.3) is 44.6 Å². The Morgan fingerprint density at radius 3 is 1.02 bits per heavy atom. The standard InChI is InChI=1S/C34H26O22S4.4Na/c35-25-17-27(19-3-7-21(8-4-19)53-57(37,38)39)51-31-15-23(55-59(43,44)45)13-29(33(25)31)49-11-1-2-12-50-30-14-24(56-60(46,47)48)16-32-34(30)26(36)18-28(52-32)20-5-9-22(10-6-20)54-58(40,41)42;;;;/h3-10,13-18H,1-2,11-12H2,(H,37,38,39)(H,40,41,42)(H,43,44,45)(H,46,47,48);;;;/q;4*+1/p-4. The monoisotopic (exact) mass is 1000 g/mol. The largest absolute Gasteiger partial charge is 1.00 e. The van der Waals surface area contributed by atoms with E-state index >= 15 is 0 Å². The normalized spacial score (nSPS) is 11.5. The second-order valence-electron chi connectivity index (χ2n) is 12.0. The van der Waals surface area contributed by atoms with Crippen LogP contribution in [0.1, 0.15) is 12.8 Å². The summed E-state index contributed by atoms with van der Waals surface area (Å²) in [6.45, 7) is -0.378. The summed E-state index contributed by atoms with van der Waals surface area (Å²) in [5.41, 5.74) is -1.63. The predicted molar refractivity (Wildman–Crippen MR) is 197 cm³/mol. The molecular formula is C34H22Na4O22S4. The van der Waals surface area contributed by atoms with Crippen LogP contribution < -0.4 is 155 Å². The van der Waals surface area contributed by atoms with Gasteiger partial charge in [0.05, 0.1) is 13.2 Å². The maximum Gasteiger partial charge on any atom is 1.00 e. The third kappa shape index (κ3) is 16.8. The molecule has 22 nitrogen and oxygen atoms in total. The van der Waals surface area contributed by atoms with E-state index in [0.29, 0.717) is 0 Å². The van der Waals surface area contributed by atoms with Crippen molar-refractivity contribution in [2.45, 2.75) is 12.8 Å². The molecule has 0 aliphatic heterocycles. The molecule has 0 atom stereocenters. The third-order valence-electron chi connectivity index (χ3n) is 7.66. The van der Waals surface area contributed by atoms with E-state index in [1.165, 1.54) is 24.3 Å². The molecule has 0 radical (unpaired) electrons. The molecule has 30 heteroatoms. The van der Waals surface area contributed by atoms with Crippen molar-refractivity contribution in [3.8, 4) is 57.1 Å². The smallest absolute Gasteiger partial charge is 0.716 e. The Balaban J connectivity index is 0.00000352. The minimum atomic E-state index is -5.32. The number of ether oxygens (including phenoxy) is 2. The Kier molecular flexibility index (Phi) is 21.4. The van der Waals surface area contributed by atoms with Crippen LogP contribution in [0, 0.1) is 0 Å². The van der Waals surface area contributed by atoms with Gasteiger partial charge in [-0.2, -0.15) is 0 Å². The molecule has 0 fully saturated rings. The van der Waals surface area contributed by atoms with E-state index in [-0.39, 0.29) is 212 Å². The molecule has 6 aromatic rings. The van der Waals surface area contributed by atoms with Gasteiger partial charge in [0, 0.05) is 47.5 Å². The van der Waals surface area contributed by atoms with Gasteiger partial charge in [0.15, 0.2) is 10.9 Å². The van der Waals surface area contributed by atoms with E-state index in [1.807, 2.05) is 0 Å². The molecule has 0 saturated carbocycles. The minimum absolute atomic E-state index is 0. The molecule has 64 heavy (non-hydrogen) atoms. The average Bonchev–Trinajstić information content (AvgIpc) is 3.10. The number of benzene rings is 4. The summed E-state index contributed by atoms with van der Waals surface area (Å²) in [7, 11) is -20.8. The van der Waals surface area contributed by atoms with Crippen LogP contribution in [0.4, 0.5) is 0 Å². The van der Waals surface area contributed by atoms with Crippen molar-refractivity contribution in [2.24, 2.45) is 0 Å². The van der Waals surface area contributed by atoms with Crippen molar-refractivity contribution in [1.82, 2.24) is 0 Å². The Bertz CT molecular complexity index is 2980. The molecule has 0 aliphatic carbocycles. The summed E-state index contributed by atoms with van der Waals surface area (Å²) in [5.74, 6) is -2.61. The van der Waals surface area contributed by atoms with Gasteiger partial charge < -0.3 is 53.3 Å². The number of hydrogen-bond acceptors (Lipinski definition) is 22. The van der Waals surface area contributed by atoms with Gasteiger partial charge in [-0.1, -0.05) is 0 Å². The average molecular weight is 1000 g/mol. The summed E-state index contributed by atoms with van der Waals surface area (Å²) in [4.78, 5) is 26.6. The topological polar surface area (TPSA) is 345 Å². The first kappa shape index (κ1) is 57.9. The fourth-order valence-electron chi connectivity index (χ4n) is 5.45. The van der Waals surface area contributed by atoms with Crippen molar-refractivity contribution < 1.29 is 205 Å². The fourth-order valence-corrected chi connectivity index (χ4v) is 6.81. The van der Waals surface area contributed by atoms with Crippen molar-refractivity contribution in [2.75, 3.05) is 13.2 Å². The molecule has 2 aromatic heterocycles. The number of rotatable bonds is 17. The van der Waals surface area contributed by atoms with Crippen LogP contribution in [0.2, 0.25) is 0 Å². The van der Waals surface area contributed by atoms with Crippen molar-refractivity contribution in [1.29, 1.82) is 0 Å². The van der Waals surface area contributed by atoms with Gasteiger partial charge in [0.25, 0.3) is 41.6 Å². The van der Waals surface area contributed by atoms with Crippen LogP contribution in [0.3, 0.4) is 0 Å². The van der Waals surface area contributed by atoms with Gasteiger partial charge in [0.2, 0.25) is 0 Å². The quantitative estimate of drug-likeness (QED) is 0.0354. The van der Waals surface area contributed by atoms with E-state index in [0.717, 1.165) is 60.7 Å². The van der Waals surface area contributed by atoms with Gasteiger partial charge in [0.1, 0.15) is 68.0 Å². The van der Waals surface area contributed by atoms with Crippen LogP contribution in [0.5, 0.6) is 34.5 Å². The molecule has 6 rings (SSSR count). The molecule has 4 aromatic carbocycles. The molecule has 0 unspecified atom stereocenters. The second kappa shape index (κ2) is 23.6. The Morgan fingerprint density at radius 2 is 0.719 bits per heavy atom. The number of hydrogen-bond donors (Lipinski definition) is 0. The van der Waals surface area contributed by atoms with Crippen molar-refractivity contribution >= 4 is 63.5 Å². The zero-order valence-corrected chi connectivity index (χ0v) is 44.8. The molecule has 0 bridgehead atoms. The zero-order chi connectivity index (χ0) is 43.6. The van der Waals surface area contributed by atoms with Crippen LogP contribution in [0.15, 0.2) is 103 Å². The second-order valence-corrected chi connectivity index (χ2v) is 15.9. The summed E-state index contributed by atoms with van der Waals surface area (Å²) in [5, 5.41) is -0.407. The molecule has 0 saturated heterocycles. The molecule has 0 aliphatic rings. The van der Waals surface area contributed by atoms with Gasteiger partial charge in [-0.3, -0.25) is 9.59 Å².